The molecule has 5 heteroatoms. The molecule has 0 unspecified atom stereocenters. The Labute approximate surface area is 165 Å². The summed E-state index contributed by atoms with van der Waals surface area (Å²) in [5, 5.41) is 7.63. The van der Waals surface area contributed by atoms with E-state index in [-0.39, 0.29) is 11.9 Å². The molecule has 2 aromatic heterocycles. The summed E-state index contributed by atoms with van der Waals surface area (Å²) >= 11 is 0. The topological polar surface area (TPSA) is 50.2 Å². The van der Waals surface area contributed by atoms with Crippen molar-refractivity contribution < 1.29 is 4.79 Å². The van der Waals surface area contributed by atoms with Gasteiger partial charge in [-0.2, -0.15) is 0 Å². The lowest BCUT2D eigenvalue weighted by Gasteiger charge is -2.19. The van der Waals surface area contributed by atoms with Crippen molar-refractivity contribution in [2.45, 2.75) is 19.9 Å². The van der Waals surface area contributed by atoms with Gasteiger partial charge >= 0.3 is 0 Å². The Morgan fingerprint density at radius 2 is 1.96 bits per heavy atom. The lowest BCUT2D eigenvalue weighted by atomic mass is 10.0. The van der Waals surface area contributed by atoms with Crippen molar-refractivity contribution in [2.24, 2.45) is 7.05 Å². The molecule has 0 fully saturated rings. The number of rotatable bonds is 4. The minimum Gasteiger partial charge on any atom is -0.350 e. The molecule has 2 aromatic carbocycles. The van der Waals surface area contributed by atoms with Crippen molar-refractivity contribution in [3.05, 3.63) is 53.9 Å². The van der Waals surface area contributed by atoms with Gasteiger partial charge in [-0.3, -0.25) is 9.78 Å². The van der Waals surface area contributed by atoms with Crippen LogP contribution in [0.15, 0.2) is 42.7 Å². The van der Waals surface area contributed by atoms with Crippen molar-refractivity contribution in [1.29, 1.82) is 0 Å². The predicted molar refractivity (Wildman–Crippen MR) is 116 cm³/mol. The monoisotopic (exact) mass is 374 g/mol. The maximum Gasteiger partial charge on any atom is 0.251 e. The van der Waals surface area contributed by atoms with Gasteiger partial charge < -0.3 is 14.8 Å². The Hall–Kier alpha value is -2.92. The van der Waals surface area contributed by atoms with Gasteiger partial charge in [0.25, 0.3) is 5.91 Å². The molecule has 28 heavy (non-hydrogen) atoms. The number of aryl methyl sites for hydroxylation is 2. The van der Waals surface area contributed by atoms with Crippen LogP contribution in [0.3, 0.4) is 0 Å². The summed E-state index contributed by atoms with van der Waals surface area (Å²) in [6.07, 6.45) is 3.74. The van der Waals surface area contributed by atoms with Gasteiger partial charge in [0, 0.05) is 59.3 Å². The van der Waals surface area contributed by atoms with Crippen LogP contribution >= 0.6 is 0 Å². The van der Waals surface area contributed by atoms with E-state index in [1.807, 2.05) is 44.7 Å². The van der Waals surface area contributed by atoms with Gasteiger partial charge in [0.15, 0.2) is 0 Å². The summed E-state index contributed by atoms with van der Waals surface area (Å²) < 4.78 is 2.22. The van der Waals surface area contributed by atoms with Crippen molar-refractivity contribution in [2.75, 3.05) is 20.6 Å². The van der Waals surface area contributed by atoms with Gasteiger partial charge in [0.05, 0.1) is 5.52 Å². The molecule has 0 aliphatic carbocycles. The fraction of sp³-hybridized carbons (Fsp3) is 0.304. The molecule has 144 valence electrons. The molecular formula is C23H26N4O. The summed E-state index contributed by atoms with van der Waals surface area (Å²) in [5.74, 6) is -0.0354. The van der Waals surface area contributed by atoms with E-state index in [2.05, 4.69) is 52.8 Å². The number of likely N-dealkylation sites (N-methyl/N-ethyl adjacent to an activating group) is 1. The van der Waals surface area contributed by atoms with E-state index in [9.17, 15) is 4.79 Å². The second-order valence-corrected chi connectivity index (χ2v) is 7.81. The number of pyridine rings is 1. The molecule has 0 spiro atoms. The summed E-state index contributed by atoms with van der Waals surface area (Å²) in [5.41, 5.74) is 4.25. The van der Waals surface area contributed by atoms with Crippen LogP contribution in [0.5, 0.6) is 0 Å². The number of nitrogens with one attached hydrogen (secondary N) is 1. The third kappa shape index (κ3) is 2.92. The molecule has 4 aromatic rings. The van der Waals surface area contributed by atoms with Crippen LogP contribution in [0.2, 0.25) is 0 Å². The average Bonchev–Trinajstić information content (AvgIpc) is 2.97. The van der Waals surface area contributed by atoms with E-state index in [1.54, 1.807) is 0 Å². The van der Waals surface area contributed by atoms with Crippen LogP contribution < -0.4 is 5.32 Å². The smallest absolute Gasteiger partial charge is 0.251 e. The van der Waals surface area contributed by atoms with Gasteiger partial charge in [-0.05, 0) is 69.2 Å². The molecule has 1 N–H and O–H groups in total. The molecule has 4 rings (SSSR count). The minimum absolute atomic E-state index is 0.0354. The molecule has 0 saturated carbocycles. The van der Waals surface area contributed by atoms with Gasteiger partial charge in [-0.25, -0.2) is 0 Å². The Bertz CT molecular complexity index is 1210. The van der Waals surface area contributed by atoms with Gasteiger partial charge in [-0.15, -0.1) is 0 Å². The Balaban J connectivity index is 1.83. The highest BCUT2D eigenvalue weighted by Gasteiger charge is 2.16. The second-order valence-electron chi connectivity index (χ2n) is 7.81. The first-order valence-electron chi connectivity index (χ1n) is 9.58. The number of carbonyl (C=O) groups is 1. The molecule has 0 radical (unpaired) electrons. The molecule has 0 saturated heterocycles. The van der Waals surface area contributed by atoms with Gasteiger partial charge in [0.1, 0.15) is 0 Å². The van der Waals surface area contributed by atoms with Crippen LogP contribution in [-0.4, -0.2) is 47.0 Å². The van der Waals surface area contributed by atoms with E-state index >= 15 is 0 Å². The Morgan fingerprint density at radius 1 is 1.18 bits per heavy atom. The molecule has 1 amide bonds. The summed E-state index contributed by atoms with van der Waals surface area (Å²) in [4.78, 5) is 19.1. The first kappa shape index (κ1) is 18.4. The van der Waals surface area contributed by atoms with Crippen LogP contribution in [-0.2, 0) is 7.05 Å². The highest BCUT2D eigenvalue weighted by atomic mass is 16.1. The molecule has 2 heterocycles. The van der Waals surface area contributed by atoms with E-state index in [0.29, 0.717) is 12.1 Å². The summed E-state index contributed by atoms with van der Waals surface area (Å²) in [6, 6.07) is 10.5. The maximum atomic E-state index is 12.7. The van der Waals surface area contributed by atoms with E-state index < -0.39 is 0 Å². The first-order valence-corrected chi connectivity index (χ1v) is 9.58. The third-order valence-electron chi connectivity index (χ3n) is 5.85. The van der Waals surface area contributed by atoms with Crippen LogP contribution in [0.4, 0.5) is 0 Å². The fourth-order valence-electron chi connectivity index (χ4n) is 3.89. The maximum absolute atomic E-state index is 12.7. The fourth-order valence-corrected chi connectivity index (χ4v) is 3.89. The predicted octanol–water partition coefficient (Wildman–Crippen LogP) is 3.87. The molecular weight excluding hydrogens is 348 g/mol. The Kier molecular flexibility index (Phi) is 4.55. The number of benzene rings is 2. The normalized spacial score (nSPS) is 12.9. The molecule has 0 aliphatic heterocycles. The number of hydrogen-bond donors (Lipinski definition) is 1. The van der Waals surface area contributed by atoms with Crippen molar-refractivity contribution in [1.82, 2.24) is 19.8 Å². The van der Waals surface area contributed by atoms with Gasteiger partial charge in [0.2, 0.25) is 0 Å². The average molecular weight is 374 g/mol. The molecule has 0 aliphatic rings. The van der Waals surface area contributed by atoms with Crippen LogP contribution in [0, 0.1) is 6.92 Å². The standard InChI is InChI=1S/C23H26N4O/c1-14(26(3)4)12-25-23(28)16-6-7-21-19(10-16)20-11-17-13-24-9-8-18(17)15(2)22(20)27(21)5/h6-11,13-14H,12H2,1-5H3,(H,25,28)/t14-/m0/s1. The number of amides is 1. The van der Waals surface area contributed by atoms with E-state index in [1.165, 1.54) is 16.5 Å². The number of nitrogens with zero attached hydrogens (tertiary/aromatic N) is 3. The number of fused-ring (bicyclic) bond motifs is 4. The summed E-state index contributed by atoms with van der Waals surface area (Å²) in [6.45, 7) is 4.87. The zero-order valence-corrected chi connectivity index (χ0v) is 17.1. The van der Waals surface area contributed by atoms with E-state index in [0.717, 1.165) is 21.7 Å². The third-order valence-corrected chi connectivity index (χ3v) is 5.85. The second kappa shape index (κ2) is 6.91. The lowest BCUT2D eigenvalue weighted by Crippen LogP contribution is -2.38. The van der Waals surface area contributed by atoms with Crippen molar-refractivity contribution >= 4 is 38.5 Å². The molecule has 5 nitrogen and oxygen atoms in total. The van der Waals surface area contributed by atoms with Crippen molar-refractivity contribution in [3.8, 4) is 0 Å². The minimum atomic E-state index is -0.0354. The Morgan fingerprint density at radius 3 is 2.71 bits per heavy atom. The number of carbonyl (C=O) groups excluding carboxylic acids is 1. The molecule has 0 bridgehead atoms. The zero-order valence-electron chi connectivity index (χ0n) is 17.1. The SMILES string of the molecule is Cc1c2ccncc2cc2c3cc(C(=O)NC[C@H](C)N(C)C)ccc3n(C)c12. The van der Waals surface area contributed by atoms with E-state index in [4.69, 9.17) is 0 Å². The highest BCUT2D eigenvalue weighted by Crippen LogP contribution is 2.35. The van der Waals surface area contributed by atoms with Crippen LogP contribution in [0.1, 0.15) is 22.8 Å². The highest BCUT2D eigenvalue weighted by molar-refractivity contribution is 6.15. The zero-order chi connectivity index (χ0) is 20.0. The van der Waals surface area contributed by atoms with Gasteiger partial charge in [-0.1, -0.05) is 0 Å². The molecule has 1 atom stereocenters. The lowest BCUT2D eigenvalue weighted by molar-refractivity contribution is 0.0944. The number of aromatic nitrogens is 2. The quantitative estimate of drug-likeness (QED) is 0.590. The first-order chi connectivity index (χ1) is 13.4. The summed E-state index contributed by atoms with van der Waals surface area (Å²) in [7, 11) is 6.12. The largest absolute Gasteiger partial charge is 0.350 e. The number of hydrogen-bond acceptors (Lipinski definition) is 3. The van der Waals surface area contributed by atoms with Crippen molar-refractivity contribution in [3.63, 3.8) is 0 Å². The van der Waals surface area contributed by atoms with Crippen LogP contribution in [0.25, 0.3) is 32.6 Å².